The van der Waals surface area contributed by atoms with Gasteiger partial charge in [-0.3, -0.25) is 0 Å². The van der Waals surface area contributed by atoms with Crippen LogP contribution < -0.4 is 0 Å². The molecular formula is C9H17Cl. The molecule has 0 spiro atoms. The Labute approximate surface area is 69.0 Å². The molecule has 1 unspecified atom stereocenters. The second-order valence-corrected chi connectivity index (χ2v) is 4.19. The van der Waals surface area contributed by atoms with Gasteiger partial charge in [0.25, 0.3) is 0 Å². The number of hydrogen-bond acceptors (Lipinski definition) is 0. The van der Waals surface area contributed by atoms with Crippen LogP contribution in [0.2, 0.25) is 0 Å². The van der Waals surface area contributed by atoms with Gasteiger partial charge >= 0.3 is 0 Å². The van der Waals surface area contributed by atoms with Crippen molar-refractivity contribution in [2.45, 2.75) is 33.1 Å². The molecule has 1 fully saturated rings. The number of hydrogen-bond donors (Lipinski definition) is 0. The van der Waals surface area contributed by atoms with E-state index in [1.54, 1.807) is 0 Å². The fraction of sp³-hybridized carbons (Fsp3) is 1.00. The molecule has 0 aliphatic heterocycles. The molecule has 0 bridgehead atoms. The van der Waals surface area contributed by atoms with Crippen LogP contribution in [0.4, 0.5) is 0 Å². The van der Waals surface area contributed by atoms with Crippen molar-refractivity contribution < 1.29 is 0 Å². The zero-order valence-electron chi connectivity index (χ0n) is 6.94. The molecule has 0 saturated heterocycles. The van der Waals surface area contributed by atoms with Gasteiger partial charge in [-0.25, -0.2) is 0 Å². The van der Waals surface area contributed by atoms with Crippen molar-refractivity contribution in [3.05, 3.63) is 0 Å². The van der Waals surface area contributed by atoms with Gasteiger partial charge in [0.05, 0.1) is 0 Å². The third kappa shape index (κ3) is 2.49. The predicted octanol–water partition coefficient (Wildman–Crippen LogP) is 3.30. The van der Waals surface area contributed by atoms with Gasteiger partial charge in [0, 0.05) is 5.88 Å². The van der Waals surface area contributed by atoms with Crippen LogP contribution in [0.3, 0.4) is 0 Å². The molecule has 1 rings (SSSR count). The number of halogens is 1. The third-order valence-electron chi connectivity index (χ3n) is 2.26. The topological polar surface area (TPSA) is 0 Å². The highest BCUT2D eigenvalue weighted by Crippen LogP contribution is 2.40. The van der Waals surface area contributed by atoms with E-state index in [-0.39, 0.29) is 0 Å². The van der Waals surface area contributed by atoms with Crippen molar-refractivity contribution in [1.29, 1.82) is 0 Å². The first-order valence-electron chi connectivity index (χ1n) is 4.30. The van der Waals surface area contributed by atoms with Crippen LogP contribution >= 0.6 is 11.6 Å². The van der Waals surface area contributed by atoms with Gasteiger partial charge in [-0.2, -0.15) is 0 Å². The van der Waals surface area contributed by atoms with Gasteiger partial charge in [-0.05, 0) is 37.0 Å². The fourth-order valence-corrected chi connectivity index (χ4v) is 1.93. The lowest BCUT2D eigenvalue weighted by atomic mass is 9.95. The smallest absolute Gasteiger partial charge is 0.0254 e. The minimum atomic E-state index is 0.821. The molecule has 0 N–H and O–H groups in total. The minimum Gasteiger partial charge on any atom is -0.126 e. The van der Waals surface area contributed by atoms with E-state index in [1.165, 1.54) is 19.3 Å². The Balaban J connectivity index is 2.19. The van der Waals surface area contributed by atoms with Gasteiger partial charge in [0.15, 0.2) is 0 Å². The van der Waals surface area contributed by atoms with Gasteiger partial charge in [0.1, 0.15) is 0 Å². The molecule has 1 heteroatoms. The zero-order chi connectivity index (χ0) is 7.56. The van der Waals surface area contributed by atoms with Crippen molar-refractivity contribution >= 4 is 11.6 Å². The van der Waals surface area contributed by atoms with Crippen molar-refractivity contribution in [3.8, 4) is 0 Å². The van der Waals surface area contributed by atoms with E-state index in [0.717, 1.165) is 23.6 Å². The maximum absolute atomic E-state index is 5.85. The summed E-state index contributed by atoms with van der Waals surface area (Å²) < 4.78 is 0. The van der Waals surface area contributed by atoms with Crippen molar-refractivity contribution in [3.63, 3.8) is 0 Å². The van der Waals surface area contributed by atoms with E-state index in [4.69, 9.17) is 11.6 Å². The van der Waals surface area contributed by atoms with Crippen LogP contribution in [-0.2, 0) is 0 Å². The Kier molecular flexibility index (Phi) is 3.03. The first kappa shape index (κ1) is 8.39. The maximum Gasteiger partial charge on any atom is 0.0254 e. The minimum absolute atomic E-state index is 0.821. The van der Waals surface area contributed by atoms with E-state index < -0.39 is 0 Å². The summed E-state index contributed by atoms with van der Waals surface area (Å²) in [4.78, 5) is 0. The highest BCUT2D eigenvalue weighted by atomic mass is 35.5. The van der Waals surface area contributed by atoms with Crippen LogP contribution in [0, 0.1) is 17.8 Å². The average molecular weight is 161 g/mol. The molecule has 0 aromatic carbocycles. The molecule has 0 amide bonds. The molecule has 0 radical (unpaired) electrons. The summed E-state index contributed by atoms with van der Waals surface area (Å²) >= 11 is 5.85. The zero-order valence-corrected chi connectivity index (χ0v) is 7.69. The standard InChI is InChI=1S/C9H17Cl/c1-7(2)5-9(6-10)8-3-4-8/h7-9H,3-6H2,1-2H3. The summed E-state index contributed by atoms with van der Waals surface area (Å²) in [5.41, 5.74) is 0. The molecule has 0 heterocycles. The largest absolute Gasteiger partial charge is 0.126 e. The van der Waals surface area contributed by atoms with E-state index in [9.17, 15) is 0 Å². The Bertz CT molecular complexity index is 94.9. The van der Waals surface area contributed by atoms with Crippen molar-refractivity contribution in [2.24, 2.45) is 17.8 Å². The average Bonchev–Trinajstić information content (AvgIpc) is 2.63. The highest BCUT2D eigenvalue weighted by Gasteiger charge is 2.30. The molecule has 10 heavy (non-hydrogen) atoms. The molecule has 1 aliphatic rings. The first-order valence-corrected chi connectivity index (χ1v) is 4.83. The molecule has 0 aromatic rings. The van der Waals surface area contributed by atoms with E-state index >= 15 is 0 Å². The molecular weight excluding hydrogens is 144 g/mol. The lowest BCUT2D eigenvalue weighted by Crippen LogP contribution is -2.08. The molecule has 1 atom stereocenters. The summed E-state index contributed by atoms with van der Waals surface area (Å²) in [6.45, 7) is 4.56. The summed E-state index contributed by atoms with van der Waals surface area (Å²) in [5, 5.41) is 0. The highest BCUT2D eigenvalue weighted by molar-refractivity contribution is 6.18. The lowest BCUT2D eigenvalue weighted by Gasteiger charge is -2.14. The summed E-state index contributed by atoms with van der Waals surface area (Å²) in [6.07, 6.45) is 4.20. The van der Waals surface area contributed by atoms with Gasteiger partial charge in [0.2, 0.25) is 0 Å². The lowest BCUT2D eigenvalue weighted by molar-refractivity contribution is 0.402. The second kappa shape index (κ2) is 3.61. The summed E-state index contributed by atoms with van der Waals surface area (Å²) in [5.74, 6) is 3.51. The van der Waals surface area contributed by atoms with Crippen molar-refractivity contribution in [1.82, 2.24) is 0 Å². The summed E-state index contributed by atoms with van der Waals surface area (Å²) in [6, 6.07) is 0. The molecule has 0 nitrogen and oxygen atoms in total. The van der Waals surface area contributed by atoms with Crippen molar-refractivity contribution in [2.75, 3.05) is 5.88 Å². The molecule has 1 saturated carbocycles. The summed E-state index contributed by atoms with van der Waals surface area (Å²) in [7, 11) is 0. The van der Waals surface area contributed by atoms with Crippen LogP contribution in [0.5, 0.6) is 0 Å². The molecule has 0 aromatic heterocycles. The maximum atomic E-state index is 5.85. The van der Waals surface area contributed by atoms with E-state index in [2.05, 4.69) is 13.8 Å². The molecule has 60 valence electrons. The Hall–Kier alpha value is 0.290. The monoisotopic (exact) mass is 160 g/mol. The Morgan fingerprint density at radius 1 is 1.40 bits per heavy atom. The van der Waals surface area contributed by atoms with Gasteiger partial charge in [-0.1, -0.05) is 13.8 Å². The van der Waals surface area contributed by atoms with Crippen LogP contribution in [0.25, 0.3) is 0 Å². The van der Waals surface area contributed by atoms with Crippen LogP contribution in [0.15, 0.2) is 0 Å². The molecule has 1 aliphatic carbocycles. The van der Waals surface area contributed by atoms with Crippen LogP contribution in [0.1, 0.15) is 33.1 Å². The fourth-order valence-electron chi connectivity index (χ4n) is 1.55. The second-order valence-electron chi connectivity index (χ2n) is 3.88. The number of alkyl halides is 1. The van der Waals surface area contributed by atoms with Gasteiger partial charge in [-0.15, -0.1) is 11.6 Å². The predicted molar refractivity (Wildman–Crippen MR) is 46.4 cm³/mol. The van der Waals surface area contributed by atoms with E-state index in [1.807, 2.05) is 0 Å². The Morgan fingerprint density at radius 2 is 2.00 bits per heavy atom. The quantitative estimate of drug-likeness (QED) is 0.554. The van der Waals surface area contributed by atoms with Gasteiger partial charge < -0.3 is 0 Å². The number of rotatable bonds is 4. The van der Waals surface area contributed by atoms with E-state index in [0.29, 0.717) is 0 Å². The third-order valence-corrected chi connectivity index (χ3v) is 2.66. The first-order chi connectivity index (χ1) is 4.74. The SMILES string of the molecule is CC(C)CC(CCl)C1CC1. The van der Waals surface area contributed by atoms with Crippen LogP contribution in [-0.4, -0.2) is 5.88 Å². The normalized spacial score (nSPS) is 21.6. The Morgan fingerprint density at radius 3 is 2.30 bits per heavy atom.